The summed E-state index contributed by atoms with van der Waals surface area (Å²) in [5, 5.41) is 9.34. The van der Waals surface area contributed by atoms with Crippen LogP contribution in [0.25, 0.3) is 0 Å². The first-order valence-corrected chi connectivity index (χ1v) is 6.44. The molecule has 1 aliphatic heterocycles. The van der Waals surface area contributed by atoms with Gasteiger partial charge in [-0.2, -0.15) is 0 Å². The lowest BCUT2D eigenvalue weighted by molar-refractivity contribution is -0.153. The van der Waals surface area contributed by atoms with Gasteiger partial charge in [0, 0.05) is 12.1 Å². The molecule has 0 aromatic rings. The lowest BCUT2D eigenvalue weighted by Gasteiger charge is -2.47. The maximum absolute atomic E-state index is 11.4. The van der Waals surface area contributed by atoms with Crippen molar-refractivity contribution in [3.05, 3.63) is 0 Å². The lowest BCUT2D eigenvalue weighted by atomic mass is 9.77. The number of rotatable bonds is 4. The molecular weight excluding hydrogens is 202 g/mol. The number of nitrogens with zero attached hydrogens (tertiary/aromatic N) is 1. The van der Waals surface area contributed by atoms with Crippen LogP contribution in [0.15, 0.2) is 0 Å². The molecule has 3 heteroatoms. The molecule has 0 saturated carbocycles. The molecule has 1 N–H and O–H groups in total. The van der Waals surface area contributed by atoms with E-state index in [-0.39, 0.29) is 6.04 Å². The average molecular weight is 227 g/mol. The molecule has 0 aromatic carbocycles. The Kier molecular flexibility index (Phi) is 4.36. The molecule has 0 aromatic heterocycles. The molecule has 94 valence electrons. The van der Waals surface area contributed by atoms with Crippen molar-refractivity contribution in [3.63, 3.8) is 0 Å². The second-order valence-corrected chi connectivity index (χ2v) is 5.37. The molecule has 1 saturated heterocycles. The standard InChI is InChI=1S/C13H25NO2/c1-5-10-8-7-9-11(14(10)6-2)13(3,4)12(15)16/h10-11H,5-9H2,1-4H3,(H,15,16). The normalized spacial score (nSPS) is 28.0. The second kappa shape index (κ2) is 5.17. The molecular formula is C13H25NO2. The Balaban J connectivity index is 2.88. The van der Waals surface area contributed by atoms with Crippen molar-refractivity contribution in [3.8, 4) is 0 Å². The highest BCUT2D eigenvalue weighted by Crippen LogP contribution is 2.35. The summed E-state index contributed by atoms with van der Waals surface area (Å²) in [4.78, 5) is 13.8. The van der Waals surface area contributed by atoms with Crippen LogP contribution in [0.5, 0.6) is 0 Å². The quantitative estimate of drug-likeness (QED) is 0.803. The molecule has 16 heavy (non-hydrogen) atoms. The zero-order valence-corrected chi connectivity index (χ0v) is 11.0. The third-order valence-electron chi connectivity index (χ3n) is 4.10. The highest BCUT2D eigenvalue weighted by atomic mass is 16.4. The number of aliphatic carboxylic acids is 1. The minimum absolute atomic E-state index is 0.189. The molecule has 0 radical (unpaired) electrons. The predicted octanol–water partition coefficient (Wildman–Crippen LogP) is 2.75. The van der Waals surface area contributed by atoms with Gasteiger partial charge in [0.2, 0.25) is 0 Å². The fourth-order valence-corrected chi connectivity index (χ4v) is 2.97. The number of carboxylic acid groups (broad SMARTS) is 1. The van der Waals surface area contributed by atoms with Crippen molar-refractivity contribution >= 4 is 5.97 Å². The minimum Gasteiger partial charge on any atom is -0.481 e. The Bertz CT molecular complexity index is 250. The Hall–Kier alpha value is -0.570. The van der Waals surface area contributed by atoms with E-state index >= 15 is 0 Å². The van der Waals surface area contributed by atoms with Gasteiger partial charge in [0.25, 0.3) is 0 Å². The Morgan fingerprint density at radius 1 is 1.38 bits per heavy atom. The molecule has 1 heterocycles. The molecule has 0 amide bonds. The molecule has 2 atom stereocenters. The topological polar surface area (TPSA) is 40.5 Å². The van der Waals surface area contributed by atoms with Crippen LogP contribution in [0, 0.1) is 5.41 Å². The van der Waals surface area contributed by atoms with Crippen LogP contribution < -0.4 is 0 Å². The molecule has 1 fully saturated rings. The number of piperidine rings is 1. The fraction of sp³-hybridized carbons (Fsp3) is 0.923. The monoisotopic (exact) mass is 227 g/mol. The molecule has 1 aliphatic rings. The summed E-state index contributed by atoms with van der Waals surface area (Å²) in [6.45, 7) is 9.02. The summed E-state index contributed by atoms with van der Waals surface area (Å²) >= 11 is 0. The molecule has 2 unspecified atom stereocenters. The summed E-state index contributed by atoms with van der Waals surface area (Å²) < 4.78 is 0. The second-order valence-electron chi connectivity index (χ2n) is 5.37. The van der Waals surface area contributed by atoms with Crippen LogP contribution in [-0.4, -0.2) is 34.6 Å². The van der Waals surface area contributed by atoms with Gasteiger partial charge in [-0.15, -0.1) is 0 Å². The SMILES string of the molecule is CCC1CCCC(C(C)(C)C(=O)O)N1CC. The van der Waals surface area contributed by atoms with E-state index in [0.29, 0.717) is 6.04 Å². The van der Waals surface area contributed by atoms with Crippen LogP contribution in [0.1, 0.15) is 53.4 Å². The van der Waals surface area contributed by atoms with Crippen molar-refractivity contribution in [1.82, 2.24) is 4.90 Å². The van der Waals surface area contributed by atoms with Crippen LogP contribution in [0.2, 0.25) is 0 Å². The van der Waals surface area contributed by atoms with Gasteiger partial charge < -0.3 is 5.11 Å². The Morgan fingerprint density at radius 3 is 2.44 bits per heavy atom. The van der Waals surface area contributed by atoms with E-state index in [4.69, 9.17) is 0 Å². The van der Waals surface area contributed by atoms with Crippen LogP contribution >= 0.6 is 0 Å². The molecule has 0 aliphatic carbocycles. The highest BCUT2D eigenvalue weighted by Gasteiger charge is 2.43. The van der Waals surface area contributed by atoms with Crippen molar-refractivity contribution in [2.45, 2.75) is 65.5 Å². The van der Waals surface area contributed by atoms with Gasteiger partial charge in [0.05, 0.1) is 5.41 Å². The van der Waals surface area contributed by atoms with Gasteiger partial charge in [-0.3, -0.25) is 9.69 Å². The average Bonchev–Trinajstić information content (AvgIpc) is 2.27. The molecule has 0 spiro atoms. The van der Waals surface area contributed by atoms with Gasteiger partial charge in [-0.05, 0) is 39.7 Å². The van der Waals surface area contributed by atoms with E-state index in [1.54, 1.807) is 0 Å². The van der Waals surface area contributed by atoms with Crippen LogP contribution in [0.3, 0.4) is 0 Å². The number of hydrogen-bond donors (Lipinski definition) is 1. The van der Waals surface area contributed by atoms with Crippen LogP contribution in [0.4, 0.5) is 0 Å². The zero-order chi connectivity index (χ0) is 12.3. The first kappa shape index (κ1) is 13.5. The summed E-state index contributed by atoms with van der Waals surface area (Å²) in [6, 6.07) is 0.760. The van der Waals surface area contributed by atoms with E-state index in [0.717, 1.165) is 25.8 Å². The van der Waals surface area contributed by atoms with Crippen molar-refractivity contribution in [2.75, 3.05) is 6.54 Å². The Morgan fingerprint density at radius 2 is 2.00 bits per heavy atom. The van der Waals surface area contributed by atoms with Crippen molar-refractivity contribution in [2.24, 2.45) is 5.41 Å². The number of carboxylic acids is 1. The third kappa shape index (κ3) is 2.40. The van der Waals surface area contributed by atoms with Crippen LogP contribution in [-0.2, 0) is 4.79 Å². The summed E-state index contributed by atoms with van der Waals surface area (Å²) in [6.07, 6.45) is 4.52. The maximum atomic E-state index is 11.4. The molecule has 1 rings (SSSR count). The van der Waals surface area contributed by atoms with Gasteiger partial charge in [0.15, 0.2) is 0 Å². The van der Waals surface area contributed by atoms with Gasteiger partial charge in [-0.25, -0.2) is 0 Å². The molecule has 0 bridgehead atoms. The van der Waals surface area contributed by atoms with E-state index < -0.39 is 11.4 Å². The highest BCUT2D eigenvalue weighted by molar-refractivity contribution is 5.74. The number of likely N-dealkylation sites (tertiary alicyclic amines) is 1. The smallest absolute Gasteiger partial charge is 0.310 e. The zero-order valence-electron chi connectivity index (χ0n) is 11.0. The number of carbonyl (C=O) groups is 1. The lowest BCUT2D eigenvalue weighted by Crippen LogP contribution is -2.55. The van der Waals surface area contributed by atoms with Crippen molar-refractivity contribution < 1.29 is 9.90 Å². The van der Waals surface area contributed by atoms with E-state index in [1.165, 1.54) is 6.42 Å². The molecule has 3 nitrogen and oxygen atoms in total. The first-order chi connectivity index (χ1) is 7.45. The largest absolute Gasteiger partial charge is 0.481 e. The summed E-state index contributed by atoms with van der Waals surface area (Å²) in [5.41, 5.74) is -0.635. The first-order valence-electron chi connectivity index (χ1n) is 6.44. The van der Waals surface area contributed by atoms with Gasteiger partial charge >= 0.3 is 5.97 Å². The summed E-state index contributed by atoms with van der Waals surface area (Å²) in [7, 11) is 0. The van der Waals surface area contributed by atoms with Gasteiger partial charge in [0.1, 0.15) is 0 Å². The van der Waals surface area contributed by atoms with E-state index in [1.807, 2.05) is 13.8 Å². The minimum atomic E-state index is -0.673. The van der Waals surface area contributed by atoms with Crippen molar-refractivity contribution in [1.29, 1.82) is 0 Å². The summed E-state index contributed by atoms with van der Waals surface area (Å²) in [5.74, 6) is -0.673. The maximum Gasteiger partial charge on any atom is 0.310 e. The fourth-order valence-electron chi connectivity index (χ4n) is 2.97. The predicted molar refractivity (Wildman–Crippen MR) is 65.5 cm³/mol. The van der Waals surface area contributed by atoms with Gasteiger partial charge in [-0.1, -0.05) is 20.3 Å². The third-order valence-corrected chi connectivity index (χ3v) is 4.10. The van der Waals surface area contributed by atoms with E-state index in [9.17, 15) is 9.90 Å². The van der Waals surface area contributed by atoms with E-state index in [2.05, 4.69) is 18.7 Å². The Labute approximate surface area is 98.8 Å². The number of hydrogen-bond acceptors (Lipinski definition) is 2.